The van der Waals surface area contributed by atoms with Gasteiger partial charge in [0.25, 0.3) is 0 Å². The zero-order chi connectivity index (χ0) is 23.5. The quantitative estimate of drug-likeness (QED) is 0.360. The van der Waals surface area contributed by atoms with Crippen molar-refractivity contribution in [2.24, 2.45) is 5.92 Å². The fourth-order valence-electron chi connectivity index (χ4n) is 4.17. The fourth-order valence-corrected chi connectivity index (χ4v) is 4.17. The molecule has 0 saturated carbocycles. The molecule has 5 nitrogen and oxygen atoms in total. The van der Waals surface area contributed by atoms with Gasteiger partial charge in [0, 0.05) is 26.0 Å². The van der Waals surface area contributed by atoms with Crippen LogP contribution in [0.3, 0.4) is 0 Å². The van der Waals surface area contributed by atoms with Gasteiger partial charge in [-0.15, -0.1) is 0 Å². The second kappa shape index (κ2) is 13.0. The summed E-state index contributed by atoms with van der Waals surface area (Å²) in [4.78, 5) is 15.4. The van der Waals surface area contributed by atoms with Gasteiger partial charge in [-0.1, -0.05) is 63.1 Å². The number of ether oxygens (including phenoxy) is 2. The molecular weight excluding hydrogens is 414 g/mol. The van der Waals surface area contributed by atoms with Crippen molar-refractivity contribution >= 4 is 5.91 Å². The average molecular weight is 452 g/mol. The van der Waals surface area contributed by atoms with Crippen LogP contribution in [-0.4, -0.2) is 30.6 Å². The van der Waals surface area contributed by atoms with Gasteiger partial charge in [-0.2, -0.15) is 0 Å². The van der Waals surface area contributed by atoms with Gasteiger partial charge in [0.1, 0.15) is 24.2 Å². The maximum absolute atomic E-state index is 13.4. The number of benzene rings is 1. The Morgan fingerprint density at radius 1 is 1.12 bits per heavy atom. The molecule has 1 aromatic carbocycles. The zero-order valence-corrected chi connectivity index (χ0v) is 20.2. The van der Waals surface area contributed by atoms with Crippen LogP contribution in [0.2, 0.25) is 0 Å². The predicted octanol–water partition coefficient (Wildman–Crippen LogP) is 6.27. The van der Waals surface area contributed by atoms with Crippen molar-refractivity contribution in [3.05, 3.63) is 83.5 Å². The van der Waals surface area contributed by atoms with E-state index in [4.69, 9.17) is 13.9 Å². The van der Waals surface area contributed by atoms with Crippen molar-refractivity contribution in [2.45, 2.75) is 65.2 Å². The van der Waals surface area contributed by atoms with Gasteiger partial charge in [0.05, 0.1) is 12.8 Å². The summed E-state index contributed by atoms with van der Waals surface area (Å²) in [5.74, 6) is 1.87. The normalized spacial score (nSPS) is 16.6. The summed E-state index contributed by atoms with van der Waals surface area (Å²) in [5, 5.41) is 0. The maximum atomic E-state index is 13.4. The summed E-state index contributed by atoms with van der Waals surface area (Å²) in [7, 11) is 1.71. The van der Waals surface area contributed by atoms with Gasteiger partial charge in [0.2, 0.25) is 5.91 Å². The molecule has 5 heteroatoms. The van der Waals surface area contributed by atoms with Crippen LogP contribution in [0.15, 0.2) is 76.6 Å². The minimum absolute atomic E-state index is 0.0441. The molecule has 0 fully saturated rings. The minimum Gasteiger partial charge on any atom is -0.490 e. The van der Waals surface area contributed by atoms with E-state index in [0.717, 1.165) is 48.3 Å². The average Bonchev–Trinajstić information content (AvgIpc) is 3.37. The molecule has 1 aromatic heterocycles. The van der Waals surface area contributed by atoms with Crippen molar-refractivity contribution in [3.63, 3.8) is 0 Å². The van der Waals surface area contributed by atoms with Crippen LogP contribution in [0, 0.1) is 5.92 Å². The van der Waals surface area contributed by atoms with E-state index < -0.39 is 0 Å². The molecule has 2 atom stereocenters. The number of nitrogens with zero attached hydrogens (tertiary/aromatic N) is 1. The molecule has 2 unspecified atom stereocenters. The van der Waals surface area contributed by atoms with Crippen molar-refractivity contribution in [3.8, 4) is 0 Å². The maximum Gasteiger partial charge on any atom is 0.226 e. The Balaban J connectivity index is 1.71. The lowest BCUT2D eigenvalue weighted by Crippen LogP contribution is -2.38. The summed E-state index contributed by atoms with van der Waals surface area (Å²) in [5.41, 5.74) is 2.27. The molecule has 1 heterocycles. The van der Waals surface area contributed by atoms with E-state index in [9.17, 15) is 4.79 Å². The monoisotopic (exact) mass is 451 g/mol. The Morgan fingerprint density at radius 3 is 2.61 bits per heavy atom. The number of allylic oxidation sites excluding steroid dienone is 2. The van der Waals surface area contributed by atoms with E-state index in [1.807, 2.05) is 53.4 Å². The number of carbonyl (C=O) groups excluding carboxylic acids is 1. The van der Waals surface area contributed by atoms with E-state index in [0.29, 0.717) is 26.1 Å². The highest BCUT2D eigenvalue weighted by Crippen LogP contribution is 2.26. The minimum atomic E-state index is -0.156. The largest absolute Gasteiger partial charge is 0.490 e. The summed E-state index contributed by atoms with van der Waals surface area (Å²) in [6, 6.07) is 13.9. The van der Waals surface area contributed by atoms with E-state index in [1.165, 1.54) is 0 Å². The highest BCUT2D eigenvalue weighted by Gasteiger charge is 2.27. The topological polar surface area (TPSA) is 51.9 Å². The number of hydrogen-bond donors (Lipinski definition) is 0. The summed E-state index contributed by atoms with van der Waals surface area (Å²) >= 11 is 0. The van der Waals surface area contributed by atoms with E-state index >= 15 is 0 Å². The van der Waals surface area contributed by atoms with E-state index in [-0.39, 0.29) is 17.9 Å². The molecule has 1 aliphatic carbocycles. The lowest BCUT2D eigenvalue weighted by Gasteiger charge is -2.30. The molecule has 0 saturated heterocycles. The number of amides is 1. The van der Waals surface area contributed by atoms with E-state index in [2.05, 4.69) is 19.9 Å². The highest BCUT2D eigenvalue weighted by molar-refractivity contribution is 5.79. The van der Waals surface area contributed by atoms with Crippen LogP contribution in [0.4, 0.5) is 0 Å². The lowest BCUT2D eigenvalue weighted by atomic mass is 9.96. The molecule has 0 N–H and O–H groups in total. The molecule has 0 spiro atoms. The van der Waals surface area contributed by atoms with Gasteiger partial charge in [-0.3, -0.25) is 4.79 Å². The van der Waals surface area contributed by atoms with Crippen LogP contribution in [0.5, 0.6) is 0 Å². The van der Waals surface area contributed by atoms with Crippen LogP contribution >= 0.6 is 0 Å². The number of rotatable bonds is 13. The second-order valence-electron chi connectivity index (χ2n) is 8.62. The first-order valence-electron chi connectivity index (χ1n) is 12.0. The number of methoxy groups -OCH3 is 1. The first-order chi connectivity index (χ1) is 16.1. The number of hydrogen-bond acceptors (Lipinski definition) is 4. The van der Waals surface area contributed by atoms with Crippen LogP contribution < -0.4 is 0 Å². The third kappa shape index (κ3) is 7.36. The van der Waals surface area contributed by atoms with Gasteiger partial charge in [0.15, 0.2) is 0 Å². The Kier molecular flexibility index (Phi) is 9.82. The van der Waals surface area contributed by atoms with Crippen molar-refractivity contribution in [2.75, 3.05) is 13.7 Å². The molecule has 0 radical (unpaired) electrons. The molecule has 3 rings (SSSR count). The van der Waals surface area contributed by atoms with Crippen molar-refractivity contribution in [1.29, 1.82) is 0 Å². The fraction of sp³-hybridized carbons (Fsp3) is 0.464. The Hall–Kier alpha value is -2.79. The van der Waals surface area contributed by atoms with Gasteiger partial charge >= 0.3 is 0 Å². The Bertz CT molecular complexity index is 901. The van der Waals surface area contributed by atoms with Crippen LogP contribution in [0.1, 0.15) is 57.3 Å². The lowest BCUT2D eigenvalue weighted by molar-refractivity contribution is -0.136. The number of furan rings is 1. The molecule has 178 valence electrons. The zero-order valence-electron chi connectivity index (χ0n) is 20.2. The summed E-state index contributed by atoms with van der Waals surface area (Å²) in [6.45, 7) is 5.81. The molecule has 1 aliphatic rings. The van der Waals surface area contributed by atoms with Gasteiger partial charge in [-0.05, 0) is 42.2 Å². The van der Waals surface area contributed by atoms with Crippen LogP contribution in [-0.2, 0) is 27.4 Å². The molecule has 33 heavy (non-hydrogen) atoms. The summed E-state index contributed by atoms with van der Waals surface area (Å²) < 4.78 is 17.4. The second-order valence-corrected chi connectivity index (χ2v) is 8.62. The molecule has 1 amide bonds. The standard InChI is InChI=1S/C28H37NO4/c1-4-6-13-24(5-2)28(30)29(20-25-14-10-17-32-25)19-23-15-16-26(27(18-23)31-3)33-21-22-11-8-7-9-12-22/h7-12,14-17,24,27H,4-6,13,18-21H2,1-3H3. The number of carbonyl (C=O) groups is 1. The Labute approximate surface area is 198 Å². The summed E-state index contributed by atoms with van der Waals surface area (Å²) in [6.07, 6.45) is 10.2. The van der Waals surface area contributed by atoms with Crippen molar-refractivity contribution < 1.29 is 18.7 Å². The Morgan fingerprint density at radius 2 is 1.94 bits per heavy atom. The van der Waals surface area contributed by atoms with Gasteiger partial charge < -0.3 is 18.8 Å². The molecule has 0 bridgehead atoms. The first kappa shape index (κ1) is 24.8. The third-order valence-electron chi connectivity index (χ3n) is 6.16. The smallest absolute Gasteiger partial charge is 0.226 e. The van der Waals surface area contributed by atoms with Crippen LogP contribution in [0.25, 0.3) is 0 Å². The molecule has 2 aromatic rings. The third-order valence-corrected chi connectivity index (χ3v) is 6.16. The SMILES string of the molecule is CCCCC(CC)C(=O)N(CC1=CC=C(OCc2ccccc2)C(OC)C1)Cc1ccco1. The van der Waals surface area contributed by atoms with Gasteiger partial charge in [-0.25, -0.2) is 0 Å². The molecular formula is C28H37NO4. The van der Waals surface area contributed by atoms with Crippen molar-refractivity contribution in [1.82, 2.24) is 4.90 Å². The highest BCUT2D eigenvalue weighted by atomic mass is 16.5. The molecule has 0 aliphatic heterocycles. The van der Waals surface area contributed by atoms with E-state index in [1.54, 1.807) is 13.4 Å². The number of unbranched alkanes of at least 4 members (excludes halogenated alkanes) is 1. The first-order valence-corrected chi connectivity index (χ1v) is 12.0. The predicted molar refractivity (Wildman–Crippen MR) is 130 cm³/mol.